The summed E-state index contributed by atoms with van der Waals surface area (Å²) in [5, 5.41) is 3.21. The Morgan fingerprint density at radius 3 is 1.17 bits per heavy atom. The van der Waals surface area contributed by atoms with Crippen LogP contribution in [0.2, 0.25) is 0 Å². The first-order valence-corrected chi connectivity index (χ1v) is 10.3. The minimum Gasteiger partial charge on any atom is -0.385 e. The maximum absolute atomic E-state index is 8.88. The molecule has 10 N–H and O–H groups in total. The van der Waals surface area contributed by atoms with Crippen molar-refractivity contribution in [2.45, 2.75) is 6.92 Å². The van der Waals surface area contributed by atoms with E-state index in [2.05, 4.69) is 24.4 Å². The fourth-order valence-corrected chi connectivity index (χ4v) is 0.760. The van der Waals surface area contributed by atoms with Gasteiger partial charge in [-0.05, 0) is 19.1 Å². The van der Waals surface area contributed by atoms with Gasteiger partial charge in [0.05, 0.1) is 0 Å². The Morgan fingerprint density at radius 1 is 0.708 bits per heavy atom. The molecule has 0 saturated heterocycles. The van der Waals surface area contributed by atoms with Gasteiger partial charge in [0.2, 0.25) is 0 Å². The molecule has 0 aromatic heterocycles. The van der Waals surface area contributed by atoms with Gasteiger partial charge in [-0.25, -0.2) is 13.7 Å². The maximum Gasteiger partial charge on any atom is 0.466 e. The molecule has 0 spiro atoms. The van der Waals surface area contributed by atoms with Crippen LogP contribution in [0.25, 0.3) is 0 Å². The van der Waals surface area contributed by atoms with E-state index >= 15 is 0 Å². The van der Waals surface area contributed by atoms with Crippen molar-refractivity contribution in [2.75, 3.05) is 11.9 Å². The minimum atomic E-state index is -4.64. The van der Waals surface area contributed by atoms with Crippen molar-refractivity contribution in [3.05, 3.63) is 30.3 Å². The molecule has 1 aromatic rings. The first kappa shape index (κ1) is 28.2. The summed E-state index contributed by atoms with van der Waals surface area (Å²) in [5.41, 5.74) is 1.19. The molecule has 0 unspecified atom stereocenters. The van der Waals surface area contributed by atoms with Crippen LogP contribution >= 0.6 is 23.5 Å². The highest BCUT2D eigenvalue weighted by Crippen LogP contribution is 2.26. The summed E-state index contributed by atoms with van der Waals surface area (Å²) in [5.74, 6) is 0. The van der Waals surface area contributed by atoms with Crippen molar-refractivity contribution >= 4 is 29.2 Å². The number of hydrogen-bond acceptors (Lipinski definition) is 4. The third-order valence-electron chi connectivity index (χ3n) is 1.15. The highest BCUT2D eigenvalue weighted by molar-refractivity contribution is 7.45. The number of nitrogens with one attached hydrogen (secondary N) is 1. The highest BCUT2D eigenvalue weighted by atomic mass is 31.2. The van der Waals surface area contributed by atoms with Crippen molar-refractivity contribution in [1.82, 2.24) is 0 Å². The molecular weight excluding hydrogens is 395 g/mol. The summed E-state index contributed by atoms with van der Waals surface area (Å²) in [6.07, 6.45) is 0. The molecule has 16 heteroatoms. The van der Waals surface area contributed by atoms with E-state index in [0.29, 0.717) is 0 Å². The molecule has 0 aliphatic carbocycles. The molecule has 0 aliphatic heterocycles. The van der Waals surface area contributed by atoms with Gasteiger partial charge < -0.3 is 49.4 Å². The predicted octanol–water partition coefficient (Wildman–Crippen LogP) is -0.667. The summed E-state index contributed by atoms with van der Waals surface area (Å²) in [6, 6.07) is 10.2. The van der Waals surface area contributed by atoms with Crippen LogP contribution in [0, 0.1) is 0 Å². The molecule has 0 fully saturated rings. The van der Waals surface area contributed by atoms with Crippen molar-refractivity contribution in [2.24, 2.45) is 0 Å². The van der Waals surface area contributed by atoms with E-state index in [1.54, 1.807) is 0 Å². The van der Waals surface area contributed by atoms with Gasteiger partial charge in [0, 0.05) is 12.2 Å². The van der Waals surface area contributed by atoms with Crippen LogP contribution in [0.1, 0.15) is 6.92 Å². The van der Waals surface area contributed by atoms with Crippen molar-refractivity contribution in [1.29, 1.82) is 0 Å². The second kappa shape index (κ2) is 13.6. The zero-order chi connectivity index (χ0) is 20.0. The Labute approximate surface area is 137 Å². The lowest BCUT2D eigenvalue weighted by atomic mass is 10.3. The molecule has 1 rings (SSSR count). The molecule has 0 heterocycles. The quantitative estimate of drug-likeness (QED) is 0.270. The van der Waals surface area contributed by atoms with E-state index in [1.165, 1.54) is 5.69 Å². The van der Waals surface area contributed by atoms with E-state index in [-0.39, 0.29) is 0 Å². The molecule has 0 saturated carbocycles. The fraction of sp³-hybridized carbons (Fsp3) is 0.250. The average molecular weight is 415 g/mol. The molecule has 24 heavy (non-hydrogen) atoms. The molecule has 0 amide bonds. The van der Waals surface area contributed by atoms with E-state index in [0.717, 1.165) is 6.54 Å². The zero-order valence-electron chi connectivity index (χ0n) is 12.2. The number of phosphoric acid groups is 3. The summed E-state index contributed by atoms with van der Waals surface area (Å²) >= 11 is 0. The smallest absolute Gasteiger partial charge is 0.385 e. The molecule has 1 aromatic carbocycles. The largest absolute Gasteiger partial charge is 0.466 e. The number of benzene rings is 1. The lowest BCUT2D eigenvalue weighted by Gasteiger charge is -1.99. The molecular formula is C8H20NO12P3. The first-order valence-electron chi connectivity index (χ1n) is 5.57. The van der Waals surface area contributed by atoms with Gasteiger partial charge in [0.1, 0.15) is 0 Å². The van der Waals surface area contributed by atoms with Gasteiger partial charge in [-0.15, -0.1) is 0 Å². The number of hydrogen-bond donors (Lipinski definition) is 10. The normalized spacial score (nSPS) is 10.8. The van der Waals surface area contributed by atoms with E-state index in [4.69, 9.17) is 57.7 Å². The Balaban J connectivity index is -0.000000259. The van der Waals surface area contributed by atoms with Crippen LogP contribution in [0.5, 0.6) is 0 Å². The van der Waals surface area contributed by atoms with E-state index in [1.807, 2.05) is 18.2 Å². The fourth-order valence-electron chi connectivity index (χ4n) is 0.760. The predicted molar refractivity (Wildman–Crippen MR) is 83.4 cm³/mol. The van der Waals surface area contributed by atoms with Crippen LogP contribution in [-0.2, 0) is 13.7 Å². The third kappa shape index (κ3) is 82.5. The lowest BCUT2D eigenvalue weighted by Crippen LogP contribution is -1.94. The van der Waals surface area contributed by atoms with Gasteiger partial charge in [-0.1, -0.05) is 18.2 Å². The van der Waals surface area contributed by atoms with Crippen LogP contribution in [0.3, 0.4) is 0 Å². The number of para-hydroxylation sites is 1. The Bertz CT molecular complexity index is 476. The van der Waals surface area contributed by atoms with Crippen molar-refractivity contribution < 1.29 is 57.7 Å². The summed E-state index contributed by atoms with van der Waals surface area (Å²) in [7, 11) is -13.9. The second-order valence-electron chi connectivity index (χ2n) is 3.44. The number of anilines is 1. The van der Waals surface area contributed by atoms with Gasteiger partial charge in [-0.2, -0.15) is 0 Å². The summed E-state index contributed by atoms with van der Waals surface area (Å²) < 4.78 is 26.6. The average Bonchev–Trinajstić information content (AvgIpc) is 2.23. The van der Waals surface area contributed by atoms with Crippen LogP contribution < -0.4 is 5.32 Å². The lowest BCUT2D eigenvalue weighted by molar-refractivity contribution is 0.272. The highest BCUT2D eigenvalue weighted by Gasteiger charge is 2.01. The summed E-state index contributed by atoms with van der Waals surface area (Å²) in [4.78, 5) is 64.7. The SMILES string of the molecule is CCNc1ccccc1.O=P(O)(O)O.O=P(O)(O)O.O=P(O)(O)O. The monoisotopic (exact) mass is 415 g/mol. The van der Waals surface area contributed by atoms with Gasteiger partial charge in [0.15, 0.2) is 0 Å². The molecule has 0 radical (unpaired) electrons. The van der Waals surface area contributed by atoms with Crippen LogP contribution in [-0.4, -0.2) is 50.6 Å². The zero-order valence-corrected chi connectivity index (χ0v) is 14.9. The minimum absolute atomic E-state index is 0.990. The van der Waals surface area contributed by atoms with E-state index < -0.39 is 23.5 Å². The van der Waals surface area contributed by atoms with E-state index in [9.17, 15) is 0 Å². The maximum atomic E-state index is 8.88. The second-order valence-corrected chi connectivity index (χ2v) is 6.52. The molecule has 13 nitrogen and oxygen atoms in total. The topological polar surface area (TPSA) is 245 Å². The first-order chi connectivity index (χ1) is 10.4. The van der Waals surface area contributed by atoms with Crippen LogP contribution in [0.4, 0.5) is 5.69 Å². The molecule has 0 atom stereocenters. The van der Waals surface area contributed by atoms with Crippen molar-refractivity contribution in [3.63, 3.8) is 0 Å². The van der Waals surface area contributed by atoms with Gasteiger partial charge in [-0.3, -0.25) is 0 Å². The Kier molecular flexibility index (Phi) is 16.0. The van der Waals surface area contributed by atoms with Crippen LogP contribution in [0.15, 0.2) is 30.3 Å². The van der Waals surface area contributed by atoms with Crippen molar-refractivity contribution in [3.8, 4) is 0 Å². The summed E-state index contributed by atoms with van der Waals surface area (Å²) in [6.45, 7) is 3.08. The number of rotatable bonds is 2. The standard InChI is InChI=1S/C8H11N.3H3O4P/c1-2-9-8-6-4-3-5-7-8;3*1-5(2,3)4/h3-7,9H,2H2,1H3;3*(H3,1,2,3,4). The van der Waals surface area contributed by atoms with Gasteiger partial charge in [0.25, 0.3) is 0 Å². The molecule has 0 bridgehead atoms. The third-order valence-corrected chi connectivity index (χ3v) is 1.15. The van der Waals surface area contributed by atoms with Gasteiger partial charge >= 0.3 is 23.5 Å². The molecule has 0 aliphatic rings. The Hall–Kier alpha value is -0.650. The Morgan fingerprint density at radius 2 is 0.958 bits per heavy atom. The molecule has 144 valence electrons.